The Balaban J connectivity index is 1.65. The number of rotatable bonds is 4. The van der Waals surface area contributed by atoms with Crippen molar-refractivity contribution in [1.82, 2.24) is 5.32 Å². The van der Waals surface area contributed by atoms with Gasteiger partial charge in [-0.05, 0) is 31.4 Å². The van der Waals surface area contributed by atoms with Crippen molar-refractivity contribution in [2.75, 3.05) is 13.2 Å². The second-order valence-corrected chi connectivity index (χ2v) is 5.83. The van der Waals surface area contributed by atoms with Gasteiger partial charge in [-0.3, -0.25) is 4.79 Å². The molecule has 1 aromatic carbocycles. The summed E-state index contributed by atoms with van der Waals surface area (Å²) in [7, 11) is 0. The predicted molar refractivity (Wildman–Crippen MR) is 83.6 cm³/mol. The Labute approximate surface area is 130 Å². The van der Waals surface area contributed by atoms with E-state index in [2.05, 4.69) is 36.5 Å². The van der Waals surface area contributed by atoms with E-state index in [0.717, 1.165) is 19.4 Å². The summed E-state index contributed by atoms with van der Waals surface area (Å²) in [5.41, 5.74) is 2.99. The third kappa shape index (κ3) is 3.39. The zero-order valence-corrected chi connectivity index (χ0v) is 12.7. The third-order valence-corrected chi connectivity index (χ3v) is 4.16. The number of carbonyl (C=O) groups excluding carboxylic acids is 1. The molecule has 4 nitrogen and oxygen atoms in total. The highest BCUT2D eigenvalue weighted by Crippen LogP contribution is 2.33. The van der Waals surface area contributed by atoms with E-state index in [9.17, 15) is 4.79 Å². The van der Waals surface area contributed by atoms with Crippen molar-refractivity contribution < 1.29 is 13.9 Å². The van der Waals surface area contributed by atoms with Gasteiger partial charge >= 0.3 is 0 Å². The van der Waals surface area contributed by atoms with Gasteiger partial charge in [-0.1, -0.05) is 29.8 Å². The van der Waals surface area contributed by atoms with Crippen LogP contribution in [0, 0.1) is 12.8 Å². The molecule has 1 fully saturated rings. The Morgan fingerprint density at radius 2 is 2.09 bits per heavy atom. The van der Waals surface area contributed by atoms with Crippen LogP contribution >= 0.6 is 0 Å². The summed E-state index contributed by atoms with van der Waals surface area (Å²) in [4.78, 5) is 12.0. The van der Waals surface area contributed by atoms with E-state index in [0.29, 0.717) is 18.0 Å². The lowest BCUT2D eigenvalue weighted by molar-refractivity contribution is -0.0272. The maximum Gasteiger partial charge on any atom is 0.254 e. The van der Waals surface area contributed by atoms with Gasteiger partial charge in [-0.2, -0.15) is 0 Å². The molecule has 1 N–H and O–H groups in total. The van der Waals surface area contributed by atoms with Crippen molar-refractivity contribution in [2.45, 2.75) is 25.9 Å². The number of hydrogen-bond donors (Lipinski definition) is 1. The molecule has 0 radical (unpaired) electrons. The molecule has 1 aliphatic rings. The minimum absolute atomic E-state index is 0.0546. The summed E-state index contributed by atoms with van der Waals surface area (Å²) in [6.07, 6.45) is 5.12. The van der Waals surface area contributed by atoms with Crippen LogP contribution in [0.3, 0.4) is 0 Å². The monoisotopic (exact) mass is 299 g/mol. The quantitative estimate of drug-likeness (QED) is 0.940. The molecule has 1 amide bonds. The average Bonchev–Trinajstić information content (AvgIpc) is 3.08. The molecule has 1 aliphatic heterocycles. The fourth-order valence-corrected chi connectivity index (χ4v) is 2.90. The Bertz CT molecular complexity index is 604. The summed E-state index contributed by atoms with van der Waals surface area (Å²) in [6, 6.07) is 10.1. The van der Waals surface area contributed by atoms with Crippen LogP contribution in [0.4, 0.5) is 0 Å². The SMILES string of the molecule is Cc1ccc(C2OCCCC2CNC(=O)c2ccoc2)cc1. The lowest BCUT2D eigenvalue weighted by Crippen LogP contribution is -2.35. The van der Waals surface area contributed by atoms with Crippen LogP contribution in [0.1, 0.15) is 40.4 Å². The first-order valence-corrected chi connectivity index (χ1v) is 7.72. The number of carbonyl (C=O) groups is 1. The van der Waals surface area contributed by atoms with E-state index in [1.165, 1.54) is 23.7 Å². The molecule has 0 bridgehead atoms. The fourth-order valence-electron chi connectivity index (χ4n) is 2.90. The van der Waals surface area contributed by atoms with Crippen molar-refractivity contribution in [2.24, 2.45) is 5.92 Å². The fraction of sp³-hybridized carbons (Fsp3) is 0.389. The molecule has 3 rings (SSSR count). The zero-order valence-electron chi connectivity index (χ0n) is 12.7. The molecule has 1 aromatic heterocycles. The molecule has 2 heterocycles. The van der Waals surface area contributed by atoms with Crippen molar-refractivity contribution in [3.63, 3.8) is 0 Å². The van der Waals surface area contributed by atoms with E-state index in [4.69, 9.17) is 9.15 Å². The Morgan fingerprint density at radius 3 is 2.82 bits per heavy atom. The van der Waals surface area contributed by atoms with Gasteiger partial charge in [-0.25, -0.2) is 0 Å². The summed E-state index contributed by atoms with van der Waals surface area (Å²) < 4.78 is 10.9. The molecule has 2 atom stereocenters. The average molecular weight is 299 g/mol. The van der Waals surface area contributed by atoms with Crippen LogP contribution in [0.2, 0.25) is 0 Å². The van der Waals surface area contributed by atoms with Gasteiger partial charge in [-0.15, -0.1) is 0 Å². The van der Waals surface area contributed by atoms with Crippen LogP contribution in [0.5, 0.6) is 0 Å². The molecule has 116 valence electrons. The number of furan rings is 1. The highest BCUT2D eigenvalue weighted by molar-refractivity contribution is 5.93. The van der Waals surface area contributed by atoms with Crippen molar-refractivity contribution in [1.29, 1.82) is 0 Å². The van der Waals surface area contributed by atoms with Crippen LogP contribution in [0.25, 0.3) is 0 Å². The van der Waals surface area contributed by atoms with Crippen molar-refractivity contribution >= 4 is 5.91 Å². The largest absolute Gasteiger partial charge is 0.472 e. The van der Waals surface area contributed by atoms with Crippen LogP contribution in [-0.2, 0) is 4.74 Å². The van der Waals surface area contributed by atoms with Crippen LogP contribution in [0.15, 0.2) is 47.3 Å². The predicted octanol–water partition coefficient (Wildman–Crippen LogP) is 3.49. The maximum atomic E-state index is 12.0. The highest BCUT2D eigenvalue weighted by Gasteiger charge is 2.27. The normalized spacial score (nSPS) is 21.5. The van der Waals surface area contributed by atoms with E-state index in [1.54, 1.807) is 6.07 Å². The number of aryl methyl sites for hydroxylation is 1. The Hall–Kier alpha value is -2.07. The number of ether oxygens (including phenoxy) is 1. The summed E-state index contributed by atoms with van der Waals surface area (Å²) in [5.74, 6) is 0.203. The molecule has 22 heavy (non-hydrogen) atoms. The summed E-state index contributed by atoms with van der Waals surface area (Å²) >= 11 is 0. The Morgan fingerprint density at radius 1 is 1.27 bits per heavy atom. The standard InChI is InChI=1S/C18H21NO3/c1-13-4-6-14(7-5-13)17-15(3-2-9-22-17)11-19-18(20)16-8-10-21-12-16/h4-8,10,12,15,17H,2-3,9,11H2,1H3,(H,19,20). The third-order valence-electron chi connectivity index (χ3n) is 4.16. The molecule has 1 saturated heterocycles. The number of amides is 1. The molecule has 0 spiro atoms. The molecule has 4 heteroatoms. The van der Waals surface area contributed by atoms with E-state index < -0.39 is 0 Å². The number of benzene rings is 1. The first-order chi connectivity index (χ1) is 10.7. The summed E-state index contributed by atoms with van der Waals surface area (Å²) in [6.45, 7) is 3.47. The highest BCUT2D eigenvalue weighted by atomic mass is 16.5. The smallest absolute Gasteiger partial charge is 0.254 e. The van der Waals surface area contributed by atoms with Gasteiger partial charge < -0.3 is 14.5 Å². The van der Waals surface area contributed by atoms with Gasteiger partial charge in [0.15, 0.2) is 0 Å². The lowest BCUT2D eigenvalue weighted by atomic mass is 9.89. The second-order valence-electron chi connectivity index (χ2n) is 5.83. The molecular formula is C18H21NO3. The van der Waals surface area contributed by atoms with Gasteiger partial charge in [0.25, 0.3) is 5.91 Å². The van der Waals surface area contributed by atoms with Gasteiger partial charge in [0, 0.05) is 19.1 Å². The van der Waals surface area contributed by atoms with E-state index >= 15 is 0 Å². The topological polar surface area (TPSA) is 51.5 Å². The van der Waals surface area contributed by atoms with Gasteiger partial charge in [0.2, 0.25) is 0 Å². The van der Waals surface area contributed by atoms with E-state index in [1.807, 2.05) is 0 Å². The molecular weight excluding hydrogens is 278 g/mol. The first kappa shape index (κ1) is 14.9. The molecule has 0 aliphatic carbocycles. The van der Waals surface area contributed by atoms with E-state index in [-0.39, 0.29) is 12.0 Å². The van der Waals surface area contributed by atoms with Crippen molar-refractivity contribution in [3.8, 4) is 0 Å². The molecule has 2 unspecified atom stereocenters. The van der Waals surface area contributed by atoms with Crippen LogP contribution < -0.4 is 5.32 Å². The zero-order chi connectivity index (χ0) is 15.4. The van der Waals surface area contributed by atoms with Gasteiger partial charge in [0.1, 0.15) is 6.26 Å². The van der Waals surface area contributed by atoms with Crippen molar-refractivity contribution in [3.05, 3.63) is 59.5 Å². The minimum Gasteiger partial charge on any atom is -0.472 e. The second kappa shape index (κ2) is 6.79. The minimum atomic E-state index is -0.0954. The first-order valence-electron chi connectivity index (χ1n) is 7.72. The maximum absolute atomic E-state index is 12.0. The number of hydrogen-bond acceptors (Lipinski definition) is 3. The number of nitrogens with one attached hydrogen (secondary N) is 1. The molecule has 0 saturated carbocycles. The van der Waals surface area contributed by atoms with Crippen LogP contribution in [-0.4, -0.2) is 19.1 Å². The lowest BCUT2D eigenvalue weighted by Gasteiger charge is -2.32. The van der Waals surface area contributed by atoms with Gasteiger partial charge in [0.05, 0.1) is 17.9 Å². The summed E-state index contributed by atoms with van der Waals surface area (Å²) in [5, 5.41) is 2.99. The molecule has 2 aromatic rings. The Kier molecular flexibility index (Phi) is 4.59.